The number of hydrogen-bond acceptors (Lipinski definition) is 3. The lowest BCUT2D eigenvalue weighted by Crippen LogP contribution is -2.26. The number of fused-ring (bicyclic) bond motifs is 1. The van der Waals surface area contributed by atoms with Crippen molar-refractivity contribution in [2.45, 2.75) is 25.8 Å². The van der Waals surface area contributed by atoms with E-state index in [1.165, 1.54) is 12.1 Å². The molecule has 2 heterocycles. The third kappa shape index (κ3) is 2.54. The van der Waals surface area contributed by atoms with Crippen LogP contribution in [0.4, 0.5) is 4.39 Å². The molecule has 20 heavy (non-hydrogen) atoms. The number of hydrogen-bond donors (Lipinski definition) is 1. The highest BCUT2D eigenvalue weighted by molar-refractivity contribution is 5.70. The van der Waals surface area contributed by atoms with Gasteiger partial charge in [0.05, 0.1) is 5.92 Å². The minimum absolute atomic E-state index is 0.268. The average Bonchev–Trinajstić information content (AvgIpc) is 2.82. The number of aromatic nitrogens is 3. The Morgan fingerprint density at radius 2 is 2.15 bits per heavy atom. The first kappa shape index (κ1) is 12.8. The van der Waals surface area contributed by atoms with E-state index in [0.717, 1.165) is 11.4 Å². The van der Waals surface area contributed by atoms with Gasteiger partial charge in [-0.25, -0.2) is 14.1 Å². The third-order valence-electron chi connectivity index (χ3n) is 3.54. The minimum Gasteiger partial charge on any atom is -0.481 e. The molecule has 0 amide bonds. The number of nitrogens with zero attached hydrogens (tertiary/aromatic N) is 3. The summed E-state index contributed by atoms with van der Waals surface area (Å²) in [5.74, 6) is -0.0433. The molecule has 1 aromatic heterocycles. The van der Waals surface area contributed by atoms with E-state index in [2.05, 4.69) is 10.1 Å². The molecular formula is C14H14FN3O2. The molecule has 0 aliphatic carbocycles. The van der Waals surface area contributed by atoms with Crippen molar-refractivity contribution in [1.82, 2.24) is 14.8 Å². The van der Waals surface area contributed by atoms with Gasteiger partial charge in [0, 0.05) is 19.4 Å². The number of carbonyl (C=O) groups is 1. The molecule has 1 N–H and O–H groups in total. The van der Waals surface area contributed by atoms with Gasteiger partial charge in [-0.1, -0.05) is 12.1 Å². The zero-order chi connectivity index (χ0) is 14.1. The van der Waals surface area contributed by atoms with Crippen LogP contribution >= 0.6 is 0 Å². The van der Waals surface area contributed by atoms with E-state index in [1.54, 1.807) is 16.8 Å². The summed E-state index contributed by atoms with van der Waals surface area (Å²) in [7, 11) is 0. The molecule has 1 aliphatic heterocycles. The molecule has 5 nitrogen and oxygen atoms in total. The van der Waals surface area contributed by atoms with Gasteiger partial charge in [0.25, 0.3) is 0 Å². The fourth-order valence-electron chi connectivity index (χ4n) is 2.43. The predicted octanol–water partition coefficient (Wildman–Crippen LogP) is 1.66. The van der Waals surface area contributed by atoms with Crippen molar-refractivity contribution in [1.29, 1.82) is 0 Å². The van der Waals surface area contributed by atoms with Gasteiger partial charge in [0.2, 0.25) is 0 Å². The summed E-state index contributed by atoms with van der Waals surface area (Å²) in [6.07, 6.45) is 1.53. The first-order valence-corrected chi connectivity index (χ1v) is 6.51. The SMILES string of the molecule is O=C(O)C1CCn2nc(Cc3ccc(F)cc3)nc2C1. The quantitative estimate of drug-likeness (QED) is 0.925. The van der Waals surface area contributed by atoms with Crippen LogP contribution in [0.1, 0.15) is 23.6 Å². The van der Waals surface area contributed by atoms with E-state index in [-0.39, 0.29) is 11.7 Å². The molecule has 1 atom stereocenters. The Labute approximate surface area is 115 Å². The van der Waals surface area contributed by atoms with Gasteiger partial charge in [-0.3, -0.25) is 4.79 Å². The normalized spacial score (nSPS) is 17.8. The summed E-state index contributed by atoms with van der Waals surface area (Å²) in [5, 5.41) is 13.4. The predicted molar refractivity (Wildman–Crippen MR) is 68.7 cm³/mol. The summed E-state index contributed by atoms with van der Waals surface area (Å²) in [5.41, 5.74) is 0.934. The molecule has 0 radical (unpaired) electrons. The molecule has 0 fully saturated rings. The van der Waals surface area contributed by atoms with Crippen LogP contribution in [0.15, 0.2) is 24.3 Å². The van der Waals surface area contributed by atoms with E-state index < -0.39 is 5.97 Å². The van der Waals surface area contributed by atoms with Crippen molar-refractivity contribution in [2.24, 2.45) is 5.92 Å². The maximum Gasteiger partial charge on any atom is 0.307 e. The molecule has 6 heteroatoms. The van der Waals surface area contributed by atoms with Crippen molar-refractivity contribution in [3.05, 3.63) is 47.3 Å². The lowest BCUT2D eigenvalue weighted by Gasteiger charge is -2.17. The molecule has 0 spiro atoms. The van der Waals surface area contributed by atoms with Crippen molar-refractivity contribution < 1.29 is 14.3 Å². The highest BCUT2D eigenvalue weighted by Gasteiger charge is 2.26. The Kier molecular flexibility index (Phi) is 3.22. The monoisotopic (exact) mass is 275 g/mol. The minimum atomic E-state index is -0.778. The summed E-state index contributed by atoms with van der Waals surface area (Å²) in [6, 6.07) is 6.22. The fraction of sp³-hybridized carbons (Fsp3) is 0.357. The van der Waals surface area contributed by atoms with Crippen LogP contribution in [0.2, 0.25) is 0 Å². The van der Waals surface area contributed by atoms with Gasteiger partial charge in [-0.05, 0) is 24.1 Å². The zero-order valence-corrected chi connectivity index (χ0v) is 10.8. The molecule has 0 bridgehead atoms. The van der Waals surface area contributed by atoms with E-state index in [9.17, 15) is 9.18 Å². The molecule has 2 aromatic rings. The van der Waals surface area contributed by atoms with E-state index in [4.69, 9.17) is 5.11 Å². The summed E-state index contributed by atoms with van der Waals surface area (Å²) in [4.78, 5) is 15.4. The molecular weight excluding hydrogens is 261 g/mol. The number of aliphatic carboxylic acids is 1. The van der Waals surface area contributed by atoms with Gasteiger partial charge in [-0.15, -0.1) is 0 Å². The van der Waals surface area contributed by atoms with Crippen LogP contribution in [0.25, 0.3) is 0 Å². The van der Waals surface area contributed by atoms with Gasteiger partial charge in [0.15, 0.2) is 5.82 Å². The van der Waals surface area contributed by atoms with Gasteiger partial charge >= 0.3 is 5.97 Å². The molecule has 1 aliphatic rings. The number of carboxylic acid groups (broad SMARTS) is 1. The Hall–Kier alpha value is -2.24. The highest BCUT2D eigenvalue weighted by atomic mass is 19.1. The maximum atomic E-state index is 12.8. The Morgan fingerprint density at radius 1 is 1.40 bits per heavy atom. The van der Waals surface area contributed by atoms with E-state index in [1.807, 2.05) is 0 Å². The van der Waals surface area contributed by atoms with Crippen molar-refractivity contribution in [2.75, 3.05) is 0 Å². The maximum absolute atomic E-state index is 12.8. The molecule has 104 valence electrons. The third-order valence-corrected chi connectivity index (χ3v) is 3.54. The first-order valence-electron chi connectivity index (χ1n) is 6.51. The topological polar surface area (TPSA) is 68.0 Å². The molecule has 1 unspecified atom stereocenters. The van der Waals surface area contributed by atoms with Crippen LogP contribution in [-0.4, -0.2) is 25.8 Å². The standard InChI is InChI=1S/C14H14FN3O2/c15-11-3-1-9(2-4-11)7-12-16-13-8-10(14(19)20)5-6-18(13)17-12/h1-4,10H,5-8H2,(H,19,20). The number of aryl methyl sites for hydroxylation is 1. The summed E-state index contributed by atoms with van der Waals surface area (Å²) in [6.45, 7) is 0.586. The Bertz CT molecular complexity index is 636. The van der Waals surface area contributed by atoms with Crippen LogP contribution in [-0.2, 0) is 24.2 Å². The number of benzene rings is 1. The van der Waals surface area contributed by atoms with Gasteiger partial charge in [0.1, 0.15) is 11.6 Å². The van der Waals surface area contributed by atoms with Crippen LogP contribution in [0, 0.1) is 11.7 Å². The zero-order valence-electron chi connectivity index (χ0n) is 10.8. The second-order valence-electron chi connectivity index (χ2n) is 5.00. The number of carboxylic acids is 1. The molecule has 0 saturated heterocycles. The lowest BCUT2D eigenvalue weighted by atomic mass is 9.98. The number of rotatable bonds is 3. The lowest BCUT2D eigenvalue weighted by molar-refractivity contribution is -0.142. The van der Waals surface area contributed by atoms with Gasteiger partial charge in [-0.2, -0.15) is 5.10 Å². The van der Waals surface area contributed by atoms with Crippen molar-refractivity contribution in [3.8, 4) is 0 Å². The summed E-state index contributed by atoms with van der Waals surface area (Å²) >= 11 is 0. The molecule has 3 rings (SSSR count). The smallest absolute Gasteiger partial charge is 0.307 e. The Morgan fingerprint density at radius 3 is 2.85 bits per heavy atom. The second-order valence-corrected chi connectivity index (χ2v) is 5.00. The molecule has 0 saturated carbocycles. The largest absolute Gasteiger partial charge is 0.481 e. The van der Waals surface area contributed by atoms with Crippen molar-refractivity contribution in [3.63, 3.8) is 0 Å². The number of halogens is 1. The Balaban J connectivity index is 1.77. The summed E-state index contributed by atoms with van der Waals surface area (Å²) < 4.78 is 14.6. The van der Waals surface area contributed by atoms with Gasteiger partial charge < -0.3 is 5.11 Å². The average molecular weight is 275 g/mol. The van der Waals surface area contributed by atoms with E-state index in [0.29, 0.717) is 31.6 Å². The van der Waals surface area contributed by atoms with Crippen LogP contribution in [0.5, 0.6) is 0 Å². The second kappa shape index (κ2) is 5.03. The first-order chi connectivity index (χ1) is 9.61. The van der Waals surface area contributed by atoms with Crippen LogP contribution in [0.3, 0.4) is 0 Å². The highest BCUT2D eigenvalue weighted by Crippen LogP contribution is 2.19. The van der Waals surface area contributed by atoms with E-state index >= 15 is 0 Å². The van der Waals surface area contributed by atoms with Crippen molar-refractivity contribution >= 4 is 5.97 Å². The molecule has 1 aromatic carbocycles. The van der Waals surface area contributed by atoms with Crippen LogP contribution < -0.4 is 0 Å². The fourth-order valence-corrected chi connectivity index (χ4v) is 2.43.